The first kappa shape index (κ1) is 22.7. The van der Waals surface area contributed by atoms with Crippen LogP contribution in [0.2, 0.25) is 0 Å². The van der Waals surface area contributed by atoms with E-state index in [-0.39, 0.29) is 24.0 Å². The van der Waals surface area contributed by atoms with Crippen LogP contribution >= 0.6 is 35.3 Å². The molecule has 0 atom stereocenters. The van der Waals surface area contributed by atoms with Crippen LogP contribution in [0.5, 0.6) is 5.75 Å². The van der Waals surface area contributed by atoms with E-state index in [1.54, 1.807) is 18.4 Å². The van der Waals surface area contributed by atoms with E-state index >= 15 is 0 Å². The number of guanidine groups is 1. The molecule has 2 N–H and O–H groups in total. The molecule has 0 saturated carbocycles. The summed E-state index contributed by atoms with van der Waals surface area (Å²) >= 11 is 1.72. The van der Waals surface area contributed by atoms with Crippen molar-refractivity contribution >= 4 is 41.3 Å². The predicted octanol–water partition coefficient (Wildman–Crippen LogP) is 4.28. The maximum atomic E-state index is 5.91. The zero-order valence-electron chi connectivity index (χ0n) is 16.1. The summed E-state index contributed by atoms with van der Waals surface area (Å²) in [5.41, 5.74) is 2.20. The van der Waals surface area contributed by atoms with E-state index in [0.717, 1.165) is 34.5 Å². The monoisotopic (exact) mass is 488 g/mol. The minimum atomic E-state index is 0. The molecule has 0 spiro atoms. The van der Waals surface area contributed by atoms with E-state index in [1.165, 1.54) is 4.88 Å². The lowest BCUT2D eigenvalue weighted by atomic mass is 10.2. The maximum absolute atomic E-state index is 5.91. The third-order valence-electron chi connectivity index (χ3n) is 3.63. The number of rotatable bonds is 7. The summed E-state index contributed by atoms with van der Waals surface area (Å²) in [7, 11) is 1.78. The molecule has 7 heteroatoms. The van der Waals surface area contributed by atoms with Crippen molar-refractivity contribution in [2.45, 2.75) is 40.8 Å². The molecule has 2 rings (SSSR count). The van der Waals surface area contributed by atoms with Crippen LogP contribution in [-0.4, -0.2) is 24.6 Å². The van der Waals surface area contributed by atoms with Gasteiger partial charge in [0.2, 0.25) is 0 Å². The summed E-state index contributed by atoms with van der Waals surface area (Å²) in [5.74, 6) is 2.19. The molecule has 0 aliphatic carbocycles. The fourth-order valence-electron chi connectivity index (χ4n) is 2.35. The third kappa shape index (κ3) is 7.11. The largest absolute Gasteiger partial charge is 0.493 e. The molecule has 0 aliphatic heterocycles. The van der Waals surface area contributed by atoms with Crippen LogP contribution in [0, 0.1) is 19.8 Å². The van der Waals surface area contributed by atoms with Crippen molar-refractivity contribution in [1.82, 2.24) is 15.6 Å². The summed E-state index contributed by atoms with van der Waals surface area (Å²) in [6.45, 7) is 10.5. The highest BCUT2D eigenvalue weighted by Crippen LogP contribution is 2.19. The van der Waals surface area contributed by atoms with Gasteiger partial charge in [0.25, 0.3) is 0 Å². The van der Waals surface area contributed by atoms with Crippen LogP contribution in [0.1, 0.15) is 35.0 Å². The smallest absolute Gasteiger partial charge is 0.191 e. The molecule has 144 valence electrons. The number of halogens is 1. The Morgan fingerprint density at radius 2 is 1.88 bits per heavy atom. The Balaban J connectivity index is 0.00000338. The van der Waals surface area contributed by atoms with Crippen LogP contribution in [0.3, 0.4) is 0 Å². The summed E-state index contributed by atoms with van der Waals surface area (Å²) in [6.07, 6.45) is 0. The lowest BCUT2D eigenvalue weighted by molar-refractivity contribution is 0.268. The van der Waals surface area contributed by atoms with Gasteiger partial charge < -0.3 is 15.4 Å². The van der Waals surface area contributed by atoms with Gasteiger partial charge in [-0.3, -0.25) is 4.99 Å². The van der Waals surface area contributed by atoms with Gasteiger partial charge in [-0.15, -0.1) is 35.3 Å². The number of benzene rings is 1. The zero-order chi connectivity index (χ0) is 18.2. The van der Waals surface area contributed by atoms with E-state index < -0.39 is 0 Å². The predicted molar refractivity (Wildman–Crippen MR) is 121 cm³/mol. The molecular formula is C19H29IN4OS. The van der Waals surface area contributed by atoms with Gasteiger partial charge in [-0.2, -0.15) is 0 Å². The quantitative estimate of drug-likeness (QED) is 0.347. The molecule has 1 aromatic carbocycles. The molecular weight excluding hydrogens is 459 g/mol. The van der Waals surface area contributed by atoms with Crippen molar-refractivity contribution in [2.24, 2.45) is 10.9 Å². The number of aryl methyl sites for hydroxylation is 2. The fourth-order valence-corrected chi connectivity index (χ4v) is 3.23. The highest BCUT2D eigenvalue weighted by atomic mass is 127. The number of aromatic nitrogens is 1. The first-order valence-corrected chi connectivity index (χ1v) is 9.39. The van der Waals surface area contributed by atoms with Crippen molar-refractivity contribution in [1.29, 1.82) is 0 Å². The van der Waals surface area contributed by atoms with Crippen molar-refractivity contribution in [3.05, 3.63) is 45.4 Å². The van der Waals surface area contributed by atoms with Gasteiger partial charge in [-0.05, 0) is 25.8 Å². The Morgan fingerprint density at radius 3 is 2.50 bits per heavy atom. The Kier molecular flexibility index (Phi) is 9.93. The van der Waals surface area contributed by atoms with Gasteiger partial charge in [-0.25, -0.2) is 4.98 Å². The first-order chi connectivity index (χ1) is 12.0. The Hall–Kier alpha value is -1.35. The number of hydrogen-bond donors (Lipinski definition) is 2. The average molecular weight is 488 g/mol. The second-order valence-corrected chi connectivity index (χ2v) is 7.62. The zero-order valence-corrected chi connectivity index (χ0v) is 19.3. The van der Waals surface area contributed by atoms with Crippen LogP contribution in [0.15, 0.2) is 29.3 Å². The van der Waals surface area contributed by atoms with E-state index in [2.05, 4.69) is 40.5 Å². The van der Waals surface area contributed by atoms with Gasteiger partial charge >= 0.3 is 0 Å². The average Bonchev–Trinajstić information content (AvgIpc) is 2.91. The van der Waals surface area contributed by atoms with E-state index in [1.807, 2.05) is 32.0 Å². The Labute approximate surface area is 177 Å². The summed E-state index contributed by atoms with van der Waals surface area (Å²) in [4.78, 5) is 9.99. The molecule has 0 radical (unpaired) electrons. The third-order valence-corrected chi connectivity index (χ3v) is 4.70. The van der Waals surface area contributed by atoms with Crippen molar-refractivity contribution in [2.75, 3.05) is 13.7 Å². The number of aliphatic imine (C=N–C) groups is 1. The molecule has 26 heavy (non-hydrogen) atoms. The van der Waals surface area contributed by atoms with Gasteiger partial charge in [0.05, 0.1) is 23.9 Å². The number of hydrogen-bond acceptors (Lipinski definition) is 4. The summed E-state index contributed by atoms with van der Waals surface area (Å²) in [6, 6.07) is 8.12. The molecule has 1 aromatic heterocycles. The van der Waals surface area contributed by atoms with Crippen molar-refractivity contribution in [3.63, 3.8) is 0 Å². The topological polar surface area (TPSA) is 58.5 Å². The fraction of sp³-hybridized carbons (Fsp3) is 0.474. The molecule has 0 bridgehead atoms. The van der Waals surface area contributed by atoms with E-state index in [9.17, 15) is 0 Å². The van der Waals surface area contributed by atoms with Gasteiger partial charge in [-0.1, -0.05) is 32.0 Å². The minimum Gasteiger partial charge on any atom is -0.493 e. The first-order valence-electron chi connectivity index (χ1n) is 8.57. The lowest BCUT2D eigenvalue weighted by Crippen LogP contribution is -2.36. The maximum Gasteiger partial charge on any atom is 0.191 e. The molecule has 0 fully saturated rings. The molecule has 2 aromatic rings. The van der Waals surface area contributed by atoms with Crippen LogP contribution < -0.4 is 15.4 Å². The van der Waals surface area contributed by atoms with Crippen LogP contribution in [0.4, 0.5) is 0 Å². The SMILES string of the molecule is CN=C(NCc1ccccc1OCC(C)C)NCc1sc(C)nc1C.I. The van der Waals surface area contributed by atoms with Crippen LogP contribution in [0.25, 0.3) is 0 Å². The second-order valence-electron chi connectivity index (χ2n) is 6.33. The Bertz CT molecular complexity index is 715. The minimum absolute atomic E-state index is 0. The number of para-hydroxylation sites is 1. The molecule has 0 unspecified atom stereocenters. The number of nitrogens with one attached hydrogen (secondary N) is 2. The highest BCUT2D eigenvalue weighted by molar-refractivity contribution is 14.0. The molecule has 5 nitrogen and oxygen atoms in total. The second kappa shape index (κ2) is 11.4. The van der Waals surface area contributed by atoms with Crippen molar-refractivity contribution in [3.8, 4) is 5.75 Å². The Morgan fingerprint density at radius 1 is 1.19 bits per heavy atom. The number of ether oxygens (including phenoxy) is 1. The standard InChI is InChI=1S/C19H28N4OS.HI/c1-13(2)12-24-17-9-7-6-8-16(17)10-21-19(20-5)22-11-18-14(3)23-15(4)25-18;/h6-9,13H,10-12H2,1-5H3,(H2,20,21,22);1H. The summed E-state index contributed by atoms with van der Waals surface area (Å²) in [5, 5.41) is 7.79. The number of thiazole rings is 1. The lowest BCUT2D eigenvalue weighted by Gasteiger charge is -2.15. The van der Waals surface area contributed by atoms with E-state index in [0.29, 0.717) is 19.1 Å². The summed E-state index contributed by atoms with van der Waals surface area (Å²) < 4.78 is 5.91. The normalized spacial score (nSPS) is 11.2. The van der Waals surface area contributed by atoms with Crippen molar-refractivity contribution < 1.29 is 4.74 Å². The molecule has 1 heterocycles. The van der Waals surface area contributed by atoms with Gasteiger partial charge in [0.15, 0.2) is 5.96 Å². The van der Waals surface area contributed by atoms with Crippen LogP contribution in [-0.2, 0) is 13.1 Å². The number of nitrogens with zero attached hydrogens (tertiary/aromatic N) is 2. The molecule has 0 aliphatic rings. The van der Waals surface area contributed by atoms with E-state index in [4.69, 9.17) is 4.74 Å². The molecule has 0 amide bonds. The van der Waals surface area contributed by atoms with Gasteiger partial charge in [0.1, 0.15) is 5.75 Å². The molecule has 0 saturated heterocycles. The van der Waals surface area contributed by atoms with Gasteiger partial charge in [0, 0.05) is 24.0 Å². The highest BCUT2D eigenvalue weighted by Gasteiger charge is 2.08.